The zero-order valence-electron chi connectivity index (χ0n) is 6.05. The second-order valence-electron chi connectivity index (χ2n) is 2.70. The van der Waals surface area contributed by atoms with Crippen molar-refractivity contribution in [1.29, 1.82) is 0 Å². The third kappa shape index (κ3) is 1.92. The monoisotopic (exact) mass is 147 g/mol. The Hall–Kier alpha value is -0.150. The normalized spacial score (nSPS) is 24.6. The van der Waals surface area contributed by atoms with Crippen LogP contribution in [0, 0.1) is 5.92 Å². The molecule has 3 heteroatoms. The molecule has 0 saturated carbocycles. The fraction of sp³-hybridized carbons (Fsp3) is 1.00. The molecule has 0 aromatic heterocycles. The Balaban J connectivity index is 2.24. The van der Waals surface area contributed by atoms with E-state index >= 15 is 0 Å². The third-order valence-electron chi connectivity index (χ3n) is 2.00. The van der Waals surface area contributed by atoms with Crippen LogP contribution in [0.15, 0.2) is 0 Å². The van der Waals surface area contributed by atoms with E-state index in [0.29, 0.717) is 13.2 Å². The zero-order valence-corrected chi connectivity index (χ0v) is 6.05. The van der Waals surface area contributed by atoms with Crippen molar-refractivity contribution in [2.24, 2.45) is 11.7 Å². The Morgan fingerprint density at radius 1 is 1.50 bits per heavy atom. The molecule has 2 nitrogen and oxygen atoms in total. The molecule has 0 radical (unpaired) electrons. The topological polar surface area (TPSA) is 35.2 Å². The Bertz CT molecular complexity index is 93.6. The van der Waals surface area contributed by atoms with Crippen LogP contribution >= 0.6 is 0 Å². The summed E-state index contributed by atoms with van der Waals surface area (Å²) in [5.41, 5.74) is 5.19. The molecule has 1 heterocycles. The predicted octanol–water partition coefficient (Wildman–Crippen LogP) is 0.710. The molecule has 1 aliphatic rings. The first-order valence-electron chi connectivity index (χ1n) is 3.76. The number of alkyl halides is 1. The van der Waals surface area contributed by atoms with E-state index in [-0.39, 0.29) is 12.5 Å². The van der Waals surface area contributed by atoms with Crippen molar-refractivity contribution >= 4 is 0 Å². The minimum Gasteiger partial charge on any atom is -0.381 e. The lowest BCUT2D eigenvalue weighted by Crippen LogP contribution is -2.29. The molecule has 1 fully saturated rings. The fourth-order valence-electron chi connectivity index (χ4n) is 1.27. The maximum atomic E-state index is 12.8. The summed E-state index contributed by atoms with van der Waals surface area (Å²) >= 11 is 0. The van der Waals surface area contributed by atoms with E-state index in [1.165, 1.54) is 0 Å². The van der Waals surface area contributed by atoms with Gasteiger partial charge in [0.15, 0.2) is 0 Å². The van der Waals surface area contributed by atoms with Gasteiger partial charge < -0.3 is 10.5 Å². The van der Waals surface area contributed by atoms with Crippen molar-refractivity contribution in [1.82, 2.24) is 0 Å². The van der Waals surface area contributed by atoms with Crippen molar-refractivity contribution in [3.05, 3.63) is 0 Å². The van der Waals surface area contributed by atoms with Gasteiger partial charge in [-0.05, 0) is 18.8 Å². The molecule has 1 atom stereocenters. The van der Waals surface area contributed by atoms with Crippen LogP contribution in [0.25, 0.3) is 0 Å². The van der Waals surface area contributed by atoms with Crippen molar-refractivity contribution in [2.75, 3.05) is 19.8 Å². The number of nitrogens with two attached hydrogens (primary N) is 1. The van der Waals surface area contributed by atoms with Crippen LogP contribution in [0.3, 0.4) is 0 Å². The van der Waals surface area contributed by atoms with Gasteiger partial charge in [-0.2, -0.15) is 0 Å². The standard InChI is InChI=1S/C7H14FNO/c8-7(5-9)6-1-3-10-4-2-6/h6-7H,1-5,9H2. The first kappa shape index (κ1) is 7.95. The Morgan fingerprint density at radius 2 is 2.10 bits per heavy atom. The molecule has 0 bridgehead atoms. The summed E-state index contributed by atoms with van der Waals surface area (Å²) in [7, 11) is 0. The molecule has 2 N–H and O–H groups in total. The van der Waals surface area contributed by atoms with Gasteiger partial charge in [-0.1, -0.05) is 0 Å². The van der Waals surface area contributed by atoms with E-state index in [4.69, 9.17) is 10.5 Å². The van der Waals surface area contributed by atoms with E-state index in [2.05, 4.69) is 0 Å². The average Bonchev–Trinajstić information content (AvgIpc) is 2.05. The van der Waals surface area contributed by atoms with Crippen LogP contribution in [-0.4, -0.2) is 25.9 Å². The maximum absolute atomic E-state index is 12.8. The highest BCUT2D eigenvalue weighted by Crippen LogP contribution is 2.19. The summed E-state index contributed by atoms with van der Waals surface area (Å²) in [6.45, 7) is 1.56. The number of rotatable bonds is 2. The van der Waals surface area contributed by atoms with E-state index in [9.17, 15) is 4.39 Å². The second-order valence-corrected chi connectivity index (χ2v) is 2.70. The Kier molecular flexibility index (Phi) is 3.09. The van der Waals surface area contributed by atoms with Gasteiger partial charge in [0, 0.05) is 19.8 Å². The third-order valence-corrected chi connectivity index (χ3v) is 2.00. The van der Waals surface area contributed by atoms with Gasteiger partial charge >= 0.3 is 0 Å². The second kappa shape index (κ2) is 3.88. The quantitative estimate of drug-likeness (QED) is 0.624. The summed E-state index contributed by atoms with van der Waals surface area (Å²) in [4.78, 5) is 0. The van der Waals surface area contributed by atoms with Crippen LogP contribution in [0.1, 0.15) is 12.8 Å². The van der Waals surface area contributed by atoms with Crippen molar-refractivity contribution in [3.63, 3.8) is 0 Å². The first-order valence-corrected chi connectivity index (χ1v) is 3.76. The highest BCUT2D eigenvalue weighted by Gasteiger charge is 2.21. The molecule has 0 spiro atoms. The smallest absolute Gasteiger partial charge is 0.115 e. The fourth-order valence-corrected chi connectivity index (χ4v) is 1.27. The molecule has 10 heavy (non-hydrogen) atoms. The van der Waals surface area contributed by atoms with E-state index in [1.807, 2.05) is 0 Å². The highest BCUT2D eigenvalue weighted by molar-refractivity contribution is 4.72. The maximum Gasteiger partial charge on any atom is 0.115 e. The van der Waals surface area contributed by atoms with Gasteiger partial charge in [-0.25, -0.2) is 4.39 Å². The Morgan fingerprint density at radius 3 is 2.60 bits per heavy atom. The summed E-state index contributed by atoms with van der Waals surface area (Å²) in [5.74, 6) is 0.152. The minimum absolute atomic E-state index is 0.152. The van der Waals surface area contributed by atoms with Crippen molar-refractivity contribution in [3.8, 4) is 0 Å². The number of hydrogen-bond donors (Lipinski definition) is 1. The van der Waals surface area contributed by atoms with E-state index in [1.54, 1.807) is 0 Å². The molecule has 1 aliphatic heterocycles. The summed E-state index contributed by atoms with van der Waals surface area (Å²) in [6.07, 6.45) is 0.848. The average molecular weight is 147 g/mol. The molecular weight excluding hydrogens is 133 g/mol. The lowest BCUT2D eigenvalue weighted by atomic mass is 9.95. The van der Waals surface area contributed by atoms with Gasteiger partial charge in [0.05, 0.1) is 0 Å². The van der Waals surface area contributed by atoms with Crippen LogP contribution < -0.4 is 5.73 Å². The lowest BCUT2D eigenvalue weighted by molar-refractivity contribution is 0.0389. The van der Waals surface area contributed by atoms with Gasteiger partial charge in [0.2, 0.25) is 0 Å². The molecular formula is C7H14FNO. The minimum atomic E-state index is -0.816. The molecule has 60 valence electrons. The summed E-state index contributed by atoms with van der Waals surface area (Å²) < 4.78 is 17.9. The molecule has 0 amide bonds. The van der Waals surface area contributed by atoms with E-state index < -0.39 is 6.17 Å². The number of halogens is 1. The summed E-state index contributed by atoms with van der Waals surface area (Å²) in [5, 5.41) is 0. The number of ether oxygens (including phenoxy) is 1. The van der Waals surface area contributed by atoms with Crippen molar-refractivity contribution in [2.45, 2.75) is 19.0 Å². The van der Waals surface area contributed by atoms with Gasteiger partial charge in [0.1, 0.15) is 6.17 Å². The molecule has 1 unspecified atom stereocenters. The van der Waals surface area contributed by atoms with Gasteiger partial charge in [0.25, 0.3) is 0 Å². The molecule has 1 saturated heterocycles. The first-order chi connectivity index (χ1) is 4.84. The van der Waals surface area contributed by atoms with Crippen LogP contribution in [0.2, 0.25) is 0 Å². The van der Waals surface area contributed by atoms with Crippen molar-refractivity contribution < 1.29 is 9.13 Å². The van der Waals surface area contributed by atoms with E-state index in [0.717, 1.165) is 12.8 Å². The molecule has 0 aromatic carbocycles. The van der Waals surface area contributed by atoms with Gasteiger partial charge in [-0.15, -0.1) is 0 Å². The summed E-state index contributed by atoms with van der Waals surface area (Å²) in [6, 6.07) is 0. The zero-order chi connectivity index (χ0) is 7.40. The Labute approximate surface area is 60.5 Å². The predicted molar refractivity (Wildman–Crippen MR) is 37.5 cm³/mol. The van der Waals surface area contributed by atoms with Crippen LogP contribution in [-0.2, 0) is 4.74 Å². The lowest BCUT2D eigenvalue weighted by Gasteiger charge is -2.24. The van der Waals surface area contributed by atoms with Gasteiger partial charge in [-0.3, -0.25) is 0 Å². The molecule has 1 rings (SSSR count). The number of hydrogen-bond acceptors (Lipinski definition) is 2. The molecule has 0 aromatic rings. The SMILES string of the molecule is NCC(F)C1CCOCC1. The largest absolute Gasteiger partial charge is 0.381 e. The van der Waals surface area contributed by atoms with Crippen LogP contribution in [0.4, 0.5) is 4.39 Å². The highest BCUT2D eigenvalue weighted by atomic mass is 19.1. The molecule has 0 aliphatic carbocycles. The van der Waals surface area contributed by atoms with Crippen LogP contribution in [0.5, 0.6) is 0 Å².